The zero-order valence-electron chi connectivity index (χ0n) is 7.62. The fourth-order valence-corrected chi connectivity index (χ4v) is 2.16. The van der Waals surface area contributed by atoms with E-state index >= 15 is 0 Å². The Hall–Kier alpha value is -1.02. The second-order valence-corrected chi connectivity index (χ2v) is 3.79. The lowest BCUT2D eigenvalue weighted by molar-refractivity contribution is -0.0337. The summed E-state index contributed by atoms with van der Waals surface area (Å²) in [5.74, 6) is 1.50. The first kappa shape index (κ1) is 7.39. The summed E-state index contributed by atoms with van der Waals surface area (Å²) in [6.45, 7) is 2.92. The molecule has 3 rings (SSSR count). The van der Waals surface area contributed by atoms with Gasteiger partial charge in [0.05, 0.1) is 12.5 Å². The summed E-state index contributed by atoms with van der Waals surface area (Å²) in [4.78, 5) is 0. The van der Waals surface area contributed by atoms with E-state index in [1.807, 2.05) is 0 Å². The molecule has 1 fully saturated rings. The lowest BCUT2D eigenvalue weighted by Gasteiger charge is -2.06. The van der Waals surface area contributed by atoms with Crippen molar-refractivity contribution in [3.63, 3.8) is 0 Å². The third-order valence-corrected chi connectivity index (χ3v) is 2.85. The predicted molar refractivity (Wildman–Crippen MR) is 48.9 cm³/mol. The van der Waals surface area contributed by atoms with Gasteiger partial charge in [-0.05, 0) is 25.0 Å². The minimum Gasteiger partial charge on any atom is -0.464 e. The van der Waals surface area contributed by atoms with Crippen LogP contribution in [0.2, 0.25) is 0 Å². The molecule has 0 bridgehead atoms. The highest BCUT2D eigenvalue weighted by Crippen LogP contribution is 2.44. The second kappa shape index (κ2) is 2.48. The van der Waals surface area contributed by atoms with E-state index in [2.05, 4.69) is 25.1 Å². The fraction of sp³-hybridized carbons (Fsp3) is 0.455. The van der Waals surface area contributed by atoms with Gasteiger partial charge in [0.15, 0.2) is 0 Å². The standard InChI is InChI=1S/C11H12O2/c1-7-2-3-8-9-4-5-12-11(9)13-10(8)6-7/h2-3,6,9,11H,4-5H2,1H3/t9-,11+/m0/s1. The SMILES string of the molecule is Cc1ccc2c(c1)O[C@H]1OCC[C@@H]21. The lowest BCUT2D eigenvalue weighted by atomic mass is 9.98. The maximum Gasteiger partial charge on any atom is 0.206 e. The fourth-order valence-electron chi connectivity index (χ4n) is 2.16. The van der Waals surface area contributed by atoms with Gasteiger partial charge >= 0.3 is 0 Å². The summed E-state index contributed by atoms with van der Waals surface area (Å²) >= 11 is 0. The number of ether oxygens (including phenoxy) is 2. The minimum atomic E-state index is -0.00296. The molecule has 0 saturated carbocycles. The van der Waals surface area contributed by atoms with E-state index in [1.54, 1.807) is 0 Å². The molecular formula is C11H12O2. The van der Waals surface area contributed by atoms with Gasteiger partial charge in [0.25, 0.3) is 0 Å². The van der Waals surface area contributed by atoms with Gasteiger partial charge in [-0.3, -0.25) is 0 Å². The van der Waals surface area contributed by atoms with Gasteiger partial charge in [0, 0.05) is 5.56 Å². The molecule has 0 N–H and O–H groups in total. The quantitative estimate of drug-likeness (QED) is 0.603. The third kappa shape index (κ3) is 0.985. The zero-order valence-corrected chi connectivity index (χ0v) is 7.62. The van der Waals surface area contributed by atoms with Crippen molar-refractivity contribution in [2.45, 2.75) is 25.6 Å². The van der Waals surface area contributed by atoms with E-state index in [0.29, 0.717) is 5.92 Å². The highest BCUT2D eigenvalue weighted by Gasteiger charge is 2.38. The van der Waals surface area contributed by atoms with Gasteiger partial charge in [-0.2, -0.15) is 0 Å². The zero-order chi connectivity index (χ0) is 8.84. The van der Waals surface area contributed by atoms with Gasteiger partial charge in [-0.1, -0.05) is 12.1 Å². The van der Waals surface area contributed by atoms with Crippen LogP contribution in [0.15, 0.2) is 18.2 Å². The van der Waals surface area contributed by atoms with Crippen LogP contribution < -0.4 is 4.74 Å². The molecule has 1 aromatic rings. The van der Waals surface area contributed by atoms with Crippen molar-refractivity contribution in [2.75, 3.05) is 6.61 Å². The van der Waals surface area contributed by atoms with Crippen LogP contribution >= 0.6 is 0 Å². The Balaban J connectivity index is 2.08. The van der Waals surface area contributed by atoms with Crippen molar-refractivity contribution in [3.05, 3.63) is 29.3 Å². The van der Waals surface area contributed by atoms with Crippen molar-refractivity contribution in [1.82, 2.24) is 0 Å². The van der Waals surface area contributed by atoms with Crippen molar-refractivity contribution < 1.29 is 9.47 Å². The van der Waals surface area contributed by atoms with Crippen molar-refractivity contribution in [1.29, 1.82) is 0 Å². The molecule has 1 aromatic carbocycles. The Morgan fingerprint density at radius 1 is 1.38 bits per heavy atom. The first-order valence-corrected chi connectivity index (χ1v) is 4.73. The number of benzene rings is 1. The molecule has 2 nitrogen and oxygen atoms in total. The van der Waals surface area contributed by atoms with E-state index < -0.39 is 0 Å². The van der Waals surface area contributed by atoms with Gasteiger partial charge < -0.3 is 9.47 Å². The van der Waals surface area contributed by atoms with E-state index in [0.717, 1.165) is 18.8 Å². The summed E-state index contributed by atoms with van der Waals surface area (Å²) in [6, 6.07) is 6.41. The van der Waals surface area contributed by atoms with Gasteiger partial charge in [0.2, 0.25) is 6.29 Å². The molecular weight excluding hydrogens is 164 g/mol. The molecule has 0 aromatic heterocycles. The summed E-state index contributed by atoms with van der Waals surface area (Å²) in [7, 11) is 0. The molecule has 0 amide bonds. The Kier molecular flexibility index (Phi) is 1.41. The molecule has 0 radical (unpaired) electrons. The number of hydrogen-bond donors (Lipinski definition) is 0. The summed E-state index contributed by atoms with van der Waals surface area (Å²) in [5, 5.41) is 0. The highest BCUT2D eigenvalue weighted by atomic mass is 16.7. The molecule has 0 aliphatic carbocycles. The van der Waals surface area contributed by atoms with Gasteiger partial charge in [-0.15, -0.1) is 0 Å². The molecule has 2 aliphatic heterocycles. The summed E-state index contributed by atoms with van der Waals surface area (Å²) in [5.41, 5.74) is 2.58. The molecule has 13 heavy (non-hydrogen) atoms. The average Bonchev–Trinajstić information content (AvgIpc) is 2.62. The first-order chi connectivity index (χ1) is 6.34. The second-order valence-electron chi connectivity index (χ2n) is 3.79. The molecule has 68 valence electrons. The molecule has 2 heteroatoms. The van der Waals surface area contributed by atoms with E-state index in [1.165, 1.54) is 11.1 Å². The Morgan fingerprint density at radius 2 is 2.31 bits per heavy atom. The summed E-state index contributed by atoms with van der Waals surface area (Å²) < 4.78 is 11.2. The Labute approximate surface area is 77.5 Å². The number of rotatable bonds is 0. The average molecular weight is 176 g/mol. The largest absolute Gasteiger partial charge is 0.464 e. The van der Waals surface area contributed by atoms with Crippen LogP contribution in [-0.2, 0) is 4.74 Å². The van der Waals surface area contributed by atoms with Crippen molar-refractivity contribution in [2.24, 2.45) is 0 Å². The highest BCUT2D eigenvalue weighted by molar-refractivity contribution is 5.43. The number of hydrogen-bond acceptors (Lipinski definition) is 2. The van der Waals surface area contributed by atoms with Crippen LogP contribution in [-0.4, -0.2) is 12.9 Å². The van der Waals surface area contributed by atoms with Crippen LogP contribution in [0.25, 0.3) is 0 Å². The van der Waals surface area contributed by atoms with E-state index in [4.69, 9.17) is 9.47 Å². The monoisotopic (exact) mass is 176 g/mol. The molecule has 2 heterocycles. The maximum atomic E-state index is 5.69. The van der Waals surface area contributed by atoms with Gasteiger partial charge in [0.1, 0.15) is 5.75 Å². The van der Waals surface area contributed by atoms with E-state index in [-0.39, 0.29) is 6.29 Å². The molecule has 1 saturated heterocycles. The van der Waals surface area contributed by atoms with Crippen LogP contribution in [0.3, 0.4) is 0 Å². The maximum absolute atomic E-state index is 5.69. The van der Waals surface area contributed by atoms with Crippen LogP contribution in [0, 0.1) is 6.92 Å². The number of aryl methyl sites for hydroxylation is 1. The van der Waals surface area contributed by atoms with Gasteiger partial charge in [-0.25, -0.2) is 0 Å². The minimum absolute atomic E-state index is 0.00296. The normalized spacial score (nSPS) is 29.6. The summed E-state index contributed by atoms with van der Waals surface area (Å²) in [6.07, 6.45) is 1.09. The lowest BCUT2D eigenvalue weighted by Crippen LogP contribution is -2.13. The molecule has 0 spiro atoms. The smallest absolute Gasteiger partial charge is 0.206 e. The molecule has 2 aliphatic rings. The Bertz CT molecular complexity index is 346. The van der Waals surface area contributed by atoms with Crippen LogP contribution in [0.5, 0.6) is 5.75 Å². The van der Waals surface area contributed by atoms with Crippen molar-refractivity contribution in [3.8, 4) is 5.75 Å². The Morgan fingerprint density at radius 3 is 3.23 bits per heavy atom. The van der Waals surface area contributed by atoms with Crippen molar-refractivity contribution >= 4 is 0 Å². The topological polar surface area (TPSA) is 18.5 Å². The third-order valence-electron chi connectivity index (χ3n) is 2.85. The number of fused-ring (bicyclic) bond motifs is 3. The predicted octanol–water partition coefficient (Wildman–Crippen LogP) is 2.22. The first-order valence-electron chi connectivity index (χ1n) is 4.73. The van der Waals surface area contributed by atoms with E-state index in [9.17, 15) is 0 Å². The molecule has 2 atom stereocenters. The van der Waals surface area contributed by atoms with Crippen LogP contribution in [0.1, 0.15) is 23.5 Å². The molecule has 0 unspecified atom stereocenters. The van der Waals surface area contributed by atoms with Crippen LogP contribution in [0.4, 0.5) is 0 Å².